The number of fused-ring (bicyclic) bond motifs is 1. The molecular formula is C18H23ClN6OS. The number of rotatable bonds is 4. The molecule has 0 bridgehead atoms. The Labute approximate surface area is 167 Å². The van der Waals surface area contributed by atoms with Crippen molar-refractivity contribution in [3.05, 3.63) is 51.9 Å². The topological polar surface area (TPSA) is 77.5 Å². The van der Waals surface area contributed by atoms with Crippen molar-refractivity contribution in [1.82, 2.24) is 24.2 Å². The van der Waals surface area contributed by atoms with Crippen LogP contribution < -0.4 is 16.2 Å². The zero-order valence-electron chi connectivity index (χ0n) is 15.3. The third kappa shape index (κ3) is 5.49. The van der Waals surface area contributed by atoms with Gasteiger partial charge in [0, 0.05) is 16.6 Å². The van der Waals surface area contributed by atoms with Gasteiger partial charge in [0.05, 0.1) is 6.20 Å². The van der Waals surface area contributed by atoms with Crippen molar-refractivity contribution in [2.45, 2.75) is 17.7 Å². The van der Waals surface area contributed by atoms with E-state index in [0.717, 1.165) is 10.6 Å². The normalized spacial score (nSPS) is 13.6. The number of anilines is 2. The molecule has 1 saturated heterocycles. The molecule has 0 amide bonds. The van der Waals surface area contributed by atoms with E-state index in [0.29, 0.717) is 16.5 Å². The third-order valence-corrected chi connectivity index (χ3v) is 4.96. The average molecular weight is 407 g/mol. The van der Waals surface area contributed by atoms with Gasteiger partial charge in [0.1, 0.15) is 10.8 Å². The lowest BCUT2D eigenvalue weighted by Crippen LogP contribution is -2.11. The molecule has 3 N–H and O–H groups in total. The maximum absolute atomic E-state index is 11.7. The molecule has 4 rings (SSSR count). The Bertz CT molecular complexity index is 926. The first-order valence-electron chi connectivity index (χ1n) is 8.72. The van der Waals surface area contributed by atoms with Crippen LogP contribution in [0, 0.1) is 0 Å². The Morgan fingerprint density at radius 2 is 1.93 bits per heavy atom. The average Bonchev–Trinajstić information content (AvgIpc) is 3.31. The number of hydrogen-bond acceptors (Lipinski definition) is 6. The van der Waals surface area contributed by atoms with Crippen molar-refractivity contribution in [3.8, 4) is 0 Å². The SMILES string of the molecule is C1CCNC1.CN(C)Sc1ccc(Nc2cc(=O)[nH]c3c(Cl)cnn23)cc1. The van der Waals surface area contributed by atoms with E-state index in [2.05, 4.69) is 20.7 Å². The lowest BCUT2D eigenvalue weighted by molar-refractivity contribution is 0.702. The van der Waals surface area contributed by atoms with Crippen LogP contribution in [0.4, 0.5) is 11.5 Å². The van der Waals surface area contributed by atoms with Gasteiger partial charge in [-0.2, -0.15) is 9.61 Å². The van der Waals surface area contributed by atoms with Gasteiger partial charge in [-0.05, 0) is 76.2 Å². The molecule has 0 spiro atoms. The van der Waals surface area contributed by atoms with Crippen LogP contribution in [0.3, 0.4) is 0 Å². The van der Waals surface area contributed by atoms with Crippen molar-refractivity contribution in [3.63, 3.8) is 0 Å². The monoisotopic (exact) mass is 406 g/mol. The zero-order chi connectivity index (χ0) is 19.2. The second kappa shape index (κ2) is 9.27. The van der Waals surface area contributed by atoms with Crippen LogP contribution in [0.5, 0.6) is 0 Å². The number of nitrogens with zero attached hydrogens (tertiary/aromatic N) is 3. The molecule has 3 heterocycles. The van der Waals surface area contributed by atoms with Crippen LogP contribution in [-0.2, 0) is 0 Å². The lowest BCUT2D eigenvalue weighted by Gasteiger charge is -2.11. The van der Waals surface area contributed by atoms with E-state index in [-0.39, 0.29) is 5.56 Å². The number of aromatic amines is 1. The van der Waals surface area contributed by atoms with E-state index >= 15 is 0 Å². The highest BCUT2D eigenvalue weighted by Gasteiger charge is 2.08. The van der Waals surface area contributed by atoms with Crippen LogP contribution in [0.25, 0.3) is 5.65 Å². The van der Waals surface area contributed by atoms with E-state index in [1.54, 1.807) is 16.5 Å². The number of aromatic nitrogens is 3. The quantitative estimate of drug-likeness (QED) is 0.577. The summed E-state index contributed by atoms with van der Waals surface area (Å²) < 4.78 is 3.58. The Morgan fingerprint density at radius 3 is 2.52 bits per heavy atom. The molecule has 0 saturated carbocycles. The van der Waals surface area contributed by atoms with Gasteiger partial charge in [0.2, 0.25) is 0 Å². The minimum Gasteiger partial charge on any atom is -0.340 e. The highest BCUT2D eigenvalue weighted by Crippen LogP contribution is 2.24. The van der Waals surface area contributed by atoms with Gasteiger partial charge in [0.15, 0.2) is 5.65 Å². The molecule has 0 atom stereocenters. The van der Waals surface area contributed by atoms with Crippen LogP contribution >= 0.6 is 23.5 Å². The maximum Gasteiger partial charge on any atom is 0.253 e. The maximum atomic E-state index is 11.7. The van der Waals surface area contributed by atoms with E-state index in [1.807, 2.05) is 42.7 Å². The molecule has 1 aromatic carbocycles. The molecule has 1 aliphatic heterocycles. The number of hydrogen-bond donors (Lipinski definition) is 3. The van der Waals surface area contributed by atoms with Gasteiger partial charge in [-0.3, -0.25) is 9.10 Å². The van der Waals surface area contributed by atoms with Crippen LogP contribution in [0.15, 0.2) is 46.2 Å². The minimum atomic E-state index is -0.239. The van der Waals surface area contributed by atoms with Gasteiger partial charge in [-0.25, -0.2) is 0 Å². The van der Waals surface area contributed by atoms with Crippen LogP contribution in [-0.4, -0.2) is 46.1 Å². The first-order valence-corrected chi connectivity index (χ1v) is 9.88. The fourth-order valence-corrected chi connectivity index (χ4v) is 3.48. The summed E-state index contributed by atoms with van der Waals surface area (Å²) in [5.41, 5.74) is 1.09. The molecule has 0 radical (unpaired) electrons. The third-order valence-electron chi connectivity index (χ3n) is 3.83. The van der Waals surface area contributed by atoms with E-state index in [4.69, 9.17) is 11.6 Å². The molecule has 2 aromatic heterocycles. The Hall–Kier alpha value is -2.00. The summed E-state index contributed by atoms with van der Waals surface area (Å²) in [7, 11) is 3.98. The number of H-pyrrole nitrogens is 1. The van der Waals surface area contributed by atoms with E-state index in [9.17, 15) is 4.79 Å². The van der Waals surface area contributed by atoms with Crippen LogP contribution in [0.1, 0.15) is 12.8 Å². The number of nitrogens with one attached hydrogen (secondary N) is 3. The van der Waals surface area contributed by atoms with Crippen molar-refractivity contribution in [2.24, 2.45) is 0 Å². The molecule has 9 heteroatoms. The van der Waals surface area contributed by atoms with E-state index in [1.165, 1.54) is 38.2 Å². The summed E-state index contributed by atoms with van der Waals surface area (Å²) in [5.74, 6) is 0.554. The van der Waals surface area contributed by atoms with Crippen molar-refractivity contribution in [2.75, 3.05) is 32.5 Å². The summed E-state index contributed by atoms with van der Waals surface area (Å²) in [6, 6.07) is 9.35. The highest BCUT2D eigenvalue weighted by molar-refractivity contribution is 7.97. The Morgan fingerprint density at radius 1 is 1.22 bits per heavy atom. The van der Waals surface area contributed by atoms with E-state index < -0.39 is 0 Å². The van der Waals surface area contributed by atoms with Crippen molar-refractivity contribution in [1.29, 1.82) is 0 Å². The minimum absolute atomic E-state index is 0.239. The molecule has 27 heavy (non-hydrogen) atoms. The first-order chi connectivity index (χ1) is 13.0. The Balaban J connectivity index is 0.000000364. The molecule has 1 fully saturated rings. The largest absolute Gasteiger partial charge is 0.340 e. The summed E-state index contributed by atoms with van der Waals surface area (Å²) >= 11 is 7.64. The molecule has 0 unspecified atom stereocenters. The number of halogens is 1. The standard InChI is InChI=1S/C14H14ClN5OS.C4H9N/c1-19(2)22-10-5-3-9(4-6-10)17-12-7-13(21)18-14-11(15)8-16-20(12)14;1-2-4-5-3-1/h3-8,17H,1-2H3,(H,18,21);5H,1-4H2. The fourth-order valence-electron chi connectivity index (χ4n) is 2.63. The van der Waals surface area contributed by atoms with Gasteiger partial charge in [-0.15, -0.1) is 0 Å². The van der Waals surface area contributed by atoms with Crippen molar-refractivity contribution >= 4 is 40.7 Å². The molecule has 144 valence electrons. The summed E-state index contributed by atoms with van der Waals surface area (Å²) in [6.07, 6.45) is 4.27. The van der Waals surface area contributed by atoms with Gasteiger partial charge < -0.3 is 15.6 Å². The zero-order valence-corrected chi connectivity index (χ0v) is 16.9. The summed E-state index contributed by atoms with van der Waals surface area (Å²) in [5, 5.41) is 11.0. The van der Waals surface area contributed by atoms with Gasteiger partial charge >= 0.3 is 0 Å². The second-order valence-corrected chi connectivity index (χ2v) is 8.07. The Kier molecular flexibility index (Phi) is 6.78. The molecule has 1 aliphatic rings. The van der Waals surface area contributed by atoms with Crippen molar-refractivity contribution < 1.29 is 0 Å². The lowest BCUT2D eigenvalue weighted by atomic mass is 10.3. The molecule has 3 aromatic rings. The first kappa shape index (κ1) is 19.8. The second-order valence-electron chi connectivity index (χ2n) is 6.28. The molecule has 7 nitrogen and oxygen atoms in total. The summed E-state index contributed by atoms with van der Waals surface area (Å²) in [4.78, 5) is 15.5. The predicted octanol–water partition coefficient (Wildman–Crippen LogP) is 3.36. The van der Waals surface area contributed by atoms with Gasteiger partial charge in [0.25, 0.3) is 5.56 Å². The molecule has 0 aliphatic carbocycles. The fraction of sp³-hybridized carbons (Fsp3) is 0.333. The van der Waals surface area contributed by atoms with Crippen LogP contribution in [0.2, 0.25) is 5.02 Å². The highest BCUT2D eigenvalue weighted by atomic mass is 35.5. The smallest absolute Gasteiger partial charge is 0.253 e. The van der Waals surface area contributed by atoms with Gasteiger partial charge in [-0.1, -0.05) is 11.6 Å². The molecular weight excluding hydrogens is 384 g/mol. The predicted molar refractivity (Wildman–Crippen MR) is 112 cm³/mol. The summed E-state index contributed by atoms with van der Waals surface area (Å²) in [6.45, 7) is 2.50. The number of benzene rings is 1.